The van der Waals surface area contributed by atoms with Crippen LogP contribution in [0.3, 0.4) is 0 Å². The van der Waals surface area contributed by atoms with Crippen LogP contribution < -0.4 is 9.46 Å². The maximum atomic E-state index is 12.8. The molecule has 25 heavy (non-hydrogen) atoms. The first-order chi connectivity index (χ1) is 11.8. The third kappa shape index (κ3) is 4.52. The molecule has 1 amide bonds. The van der Waals surface area contributed by atoms with Gasteiger partial charge in [0.05, 0.1) is 7.11 Å². The summed E-state index contributed by atoms with van der Waals surface area (Å²) in [6.45, 7) is 3.96. The molecule has 0 aliphatic heterocycles. The van der Waals surface area contributed by atoms with Crippen LogP contribution in [0, 0.1) is 0 Å². The number of benzene rings is 1. The Morgan fingerprint density at radius 1 is 1.36 bits per heavy atom. The van der Waals surface area contributed by atoms with Gasteiger partial charge in [-0.3, -0.25) is 4.79 Å². The SMILES string of the molecule is CCC(C)N(C)C(=O)c1ccc(OC)c(S(=O)(=O)NC2CCCC2)c1. The minimum atomic E-state index is -3.74. The van der Waals surface area contributed by atoms with Crippen molar-refractivity contribution < 1.29 is 17.9 Å². The highest BCUT2D eigenvalue weighted by Crippen LogP contribution is 2.27. The molecule has 0 spiro atoms. The van der Waals surface area contributed by atoms with Crippen LogP contribution in [0.5, 0.6) is 5.75 Å². The van der Waals surface area contributed by atoms with E-state index in [1.165, 1.54) is 13.2 Å². The van der Waals surface area contributed by atoms with E-state index in [1.807, 2.05) is 13.8 Å². The van der Waals surface area contributed by atoms with Gasteiger partial charge in [0.1, 0.15) is 10.6 Å². The van der Waals surface area contributed by atoms with Crippen LogP contribution >= 0.6 is 0 Å². The summed E-state index contributed by atoms with van der Waals surface area (Å²) in [4.78, 5) is 14.3. The fraction of sp³-hybridized carbons (Fsp3) is 0.611. The second kappa shape index (κ2) is 8.19. The Morgan fingerprint density at radius 3 is 2.56 bits per heavy atom. The van der Waals surface area contributed by atoms with Crippen LogP contribution in [0.15, 0.2) is 23.1 Å². The predicted octanol–water partition coefficient (Wildman–Crippen LogP) is 2.79. The molecule has 0 heterocycles. The van der Waals surface area contributed by atoms with E-state index in [0.29, 0.717) is 5.56 Å². The molecule has 1 fully saturated rings. The maximum absolute atomic E-state index is 12.8. The molecular weight excluding hydrogens is 340 g/mol. The fourth-order valence-electron chi connectivity index (χ4n) is 3.02. The highest BCUT2D eigenvalue weighted by atomic mass is 32.2. The smallest absolute Gasteiger partial charge is 0.253 e. The van der Waals surface area contributed by atoms with Crippen LogP contribution in [-0.2, 0) is 10.0 Å². The van der Waals surface area contributed by atoms with Crippen molar-refractivity contribution in [3.05, 3.63) is 23.8 Å². The maximum Gasteiger partial charge on any atom is 0.253 e. The van der Waals surface area contributed by atoms with Gasteiger partial charge in [-0.15, -0.1) is 0 Å². The molecule has 1 unspecified atom stereocenters. The Kier molecular flexibility index (Phi) is 6.46. The number of hydrogen-bond acceptors (Lipinski definition) is 4. The molecule has 0 saturated heterocycles. The quantitative estimate of drug-likeness (QED) is 0.803. The Bertz CT molecular complexity index is 712. The van der Waals surface area contributed by atoms with Gasteiger partial charge in [-0.05, 0) is 44.4 Å². The van der Waals surface area contributed by atoms with E-state index in [4.69, 9.17) is 4.74 Å². The average Bonchev–Trinajstić information content (AvgIpc) is 3.11. The summed E-state index contributed by atoms with van der Waals surface area (Å²) in [5.41, 5.74) is 0.343. The zero-order valence-electron chi connectivity index (χ0n) is 15.4. The molecule has 0 radical (unpaired) electrons. The van der Waals surface area contributed by atoms with E-state index in [0.717, 1.165) is 32.1 Å². The molecule has 1 saturated carbocycles. The van der Waals surface area contributed by atoms with Crippen molar-refractivity contribution >= 4 is 15.9 Å². The minimum absolute atomic E-state index is 0.0188. The van der Waals surface area contributed by atoms with Crippen molar-refractivity contribution in [1.82, 2.24) is 9.62 Å². The normalized spacial score (nSPS) is 16.6. The molecule has 2 rings (SSSR count). The average molecular weight is 368 g/mol. The summed E-state index contributed by atoms with van der Waals surface area (Å²) >= 11 is 0. The van der Waals surface area contributed by atoms with Gasteiger partial charge in [0.25, 0.3) is 5.91 Å². The topological polar surface area (TPSA) is 75.7 Å². The Morgan fingerprint density at radius 2 is 2.00 bits per heavy atom. The van der Waals surface area contributed by atoms with Gasteiger partial charge in [-0.1, -0.05) is 19.8 Å². The zero-order valence-corrected chi connectivity index (χ0v) is 16.2. The van der Waals surface area contributed by atoms with Gasteiger partial charge in [0.15, 0.2) is 0 Å². The predicted molar refractivity (Wildman–Crippen MR) is 97.4 cm³/mol. The van der Waals surface area contributed by atoms with Crippen molar-refractivity contribution in [1.29, 1.82) is 0 Å². The summed E-state index contributed by atoms with van der Waals surface area (Å²) < 4.78 is 33.5. The van der Waals surface area contributed by atoms with Gasteiger partial charge in [0, 0.05) is 24.7 Å². The Labute approximate surface area is 150 Å². The number of hydrogen-bond donors (Lipinski definition) is 1. The highest BCUT2D eigenvalue weighted by Gasteiger charge is 2.27. The molecule has 1 N–H and O–H groups in total. The third-order valence-electron chi connectivity index (χ3n) is 4.95. The third-order valence-corrected chi connectivity index (χ3v) is 6.49. The number of carbonyl (C=O) groups excluding carboxylic acids is 1. The lowest BCUT2D eigenvalue weighted by Crippen LogP contribution is -2.35. The first kappa shape index (κ1) is 19.7. The number of amides is 1. The number of rotatable bonds is 7. The lowest BCUT2D eigenvalue weighted by atomic mass is 10.1. The number of nitrogens with zero attached hydrogens (tertiary/aromatic N) is 1. The van der Waals surface area contributed by atoms with Gasteiger partial charge in [-0.2, -0.15) is 0 Å². The second-order valence-corrected chi connectivity index (χ2v) is 8.32. The molecule has 0 aromatic heterocycles. The van der Waals surface area contributed by atoms with Gasteiger partial charge in [-0.25, -0.2) is 13.1 Å². The minimum Gasteiger partial charge on any atom is -0.495 e. The molecule has 0 bridgehead atoms. The standard InChI is InChI=1S/C18H28N2O4S/c1-5-13(2)20(3)18(21)14-10-11-16(24-4)17(12-14)25(22,23)19-15-8-6-7-9-15/h10-13,15,19H,5-9H2,1-4H3. The summed E-state index contributed by atoms with van der Waals surface area (Å²) in [5, 5.41) is 0. The molecular formula is C18H28N2O4S. The number of ether oxygens (including phenoxy) is 1. The lowest BCUT2D eigenvalue weighted by molar-refractivity contribution is 0.0740. The monoisotopic (exact) mass is 368 g/mol. The fourth-order valence-corrected chi connectivity index (χ4v) is 4.52. The first-order valence-electron chi connectivity index (χ1n) is 8.77. The van der Waals surface area contributed by atoms with Gasteiger partial charge < -0.3 is 9.64 Å². The zero-order chi connectivity index (χ0) is 18.6. The second-order valence-electron chi connectivity index (χ2n) is 6.64. The van der Waals surface area contributed by atoms with Crippen LogP contribution in [0.25, 0.3) is 0 Å². The van der Waals surface area contributed by atoms with Crippen molar-refractivity contribution in [3.63, 3.8) is 0 Å². The van der Waals surface area contributed by atoms with Crippen LogP contribution in [0.2, 0.25) is 0 Å². The lowest BCUT2D eigenvalue weighted by Gasteiger charge is -2.24. The molecule has 1 atom stereocenters. The van der Waals surface area contributed by atoms with E-state index in [1.54, 1.807) is 24.1 Å². The number of methoxy groups -OCH3 is 1. The number of carbonyl (C=O) groups is 1. The number of nitrogens with one attached hydrogen (secondary N) is 1. The van der Waals surface area contributed by atoms with E-state index in [-0.39, 0.29) is 28.6 Å². The summed E-state index contributed by atoms with van der Waals surface area (Å²) in [6.07, 6.45) is 4.58. The molecule has 1 aromatic carbocycles. The molecule has 1 aromatic rings. The molecule has 1 aliphatic carbocycles. The van der Waals surface area contributed by atoms with E-state index < -0.39 is 10.0 Å². The van der Waals surface area contributed by atoms with Gasteiger partial charge >= 0.3 is 0 Å². The van der Waals surface area contributed by atoms with E-state index >= 15 is 0 Å². The first-order valence-corrected chi connectivity index (χ1v) is 10.3. The largest absolute Gasteiger partial charge is 0.495 e. The van der Waals surface area contributed by atoms with Crippen LogP contribution in [-0.4, -0.2) is 45.5 Å². The van der Waals surface area contributed by atoms with Crippen molar-refractivity contribution in [2.24, 2.45) is 0 Å². The number of sulfonamides is 1. The molecule has 1 aliphatic rings. The van der Waals surface area contributed by atoms with Crippen LogP contribution in [0.4, 0.5) is 0 Å². The van der Waals surface area contributed by atoms with Crippen LogP contribution in [0.1, 0.15) is 56.3 Å². The summed E-state index contributed by atoms with van der Waals surface area (Å²) in [5.74, 6) is 0.0440. The van der Waals surface area contributed by atoms with E-state index in [9.17, 15) is 13.2 Å². The summed E-state index contributed by atoms with van der Waals surface area (Å²) in [7, 11) is -0.585. The molecule has 6 nitrogen and oxygen atoms in total. The Balaban J connectivity index is 2.34. The Hall–Kier alpha value is -1.60. The van der Waals surface area contributed by atoms with Gasteiger partial charge in [0.2, 0.25) is 10.0 Å². The summed E-state index contributed by atoms with van der Waals surface area (Å²) in [6, 6.07) is 4.59. The molecule has 7 heteroatoms. The van der Waals surface area contributed by atoms with Crippen molar-refractivity contribution in [2.45, 2.75) is 62.9 Å². The molecule has 140 valence electrons. The van der Waals surface area contributed by atoms with Crippen molar-refractivity contribution in [3.8, 4) is 5.75 Å². The van der Waals surface area contributed by atoms with E-state index in [2.05, 4.69) is 4.72 Å². The highest BCUT2D eigenvalue weighted by molar-refractivity contribution is 7.89. The van der Waals surface area contributed by atoms with Crippen molar-refractivity contribution in [2.75, 3.05) is 14.2 Å².